The first-order valence-corrected chi connectivity index (χ1v) is 3.84. The summed E-state index contributed by atoms with van der Waals surface area (Å²) in [5.74, 6) is 0. The van der Waals surface area contributed by atoms with Crippen LogP contribution < -0.4 is 0 Å². The molecule has 5 heteroatoms. The molecule has 5 nitrogen and oxygen atoms in total. The van der Waals surface area contributed by atoms with Crippen molar-refractivity contribution in [2.75, 3.05) is 13.7 Å². The van der Waals surface area contributed by atoms with Crippen LogP contribution in [-0.2, 0) is 9.47 Å². The van der Waals surface area contributed by atoms with E-state index in [1.807, 2.05) is 0 Å². The van der Waals surface area contributed by atoms with Crippen molar-refractivity contribution in [1.29, 1.82) is 0 Å². The first-order chi connectivity index (χ1) is 5.69. The van der Waals surface area contributed by atoms with Gasteiger partial charge >= 0.3 is 0 Å². The minimum atomic E-state index is -0.826. The van der Waals surface area contributed by atoms with Crippen LogP contribution in [-0.4, -0.2) is 53.6 Å². The van der Waals surface area contributed by atoms with E-state index >= 15 is 0 Å². The fraction of sp³-hybridized carbons (Fsp3) is 1.00. The molecule has 4 atom stereocenters. The SMILES string of the molecule is CO[C@@H]1O[C@H](CO)[C@@H](O)C[C@H]1O. The standard InChI is InChI=1S/C7H14O5/c1-11-7-5(10)2-4(9)6(3-8)12-7/h4-10H,2-3H2,1H3/t4-,5+,6+,7+/m0/s1. The molecule has 3 N–H and O–H groups in total. The zero-order valence-electron chi connectivity index (χ0n) is 6.88. The highest BCUT2D eigenvalue weighted by molar-refractivity contribution is 4.80. The molecule has 1 aliphatic rings. The number of hydrogen-bond acceptors (Lipinski definition) is 5. The third-order valence-electron chi connectivity index (χ3n) is 1.95. The Morgan fingerprint density at radius 2 is 2.08 bits per heavy atom. The van der Waals surface area contributed by atoms with E-state index in [0.29, 0.717) is 0 Å². The first-order valence-electron chi connectivity index (χ1n) is 3.84. The Balaban J connectivity index is 2.50. The lowest BCUT2D eigenvalue weighted by Gasteiger charge is -2.35. The normalized spacial score (nSPS) is 43.0. The van der Waals surface area contributed by atoms with Crippen LogP contribution in [0.25, 0.3) is 0 Å². The summed E-state index contributed by atoms with van der Waals surface area (Å²) in [6, 6.07) is 0. The molecule has 0 amide bonds. The van der Waals surface area contributed by atoms with Crippen LogP contribution in [0.5, 0.6) is 0 Å². The molecule has 0 aliphatic carbocycles. The predicted molar refractivity (Wildman–Crippen MR) is 39.4 cm³/mol. The lowest BCUT2D eigenvalue weighted by molar-refractivity contribution is -0.261. The van der Waals surface area contributed by atoms with Gasteiger partial charge < -0.3 is 24.8 Å². The van der Waals surface area contributed by atoms with E-state index in [-0.39, 0.29) is 13.0 Å². The molecule has 12 heavy (non-hydrogen) atoms. The molecule has 0 radical (unpaired) electrons. The molecule has 1 heterocycles. The monoisotopic (exact) mass is 178 g/mol. The Labute approximate surface area is 70.5 Å². The number of aliphatic hydroxyl groups is 3. The number of rotatable bonds is 2. The number of ether oxygens (including phenoxy) is 2. The Bertz CT molecular complexity index is 126. The second-order valence-corrected chi connectivity index (χ2v) is 2.83. The maximum absolute atomic E-state index is 9.26. The molecule has 0 spiro atoms. The third kappa shape index (κ3) is 1.94. The van der Waals surface area contributed by atoms with E-state index in [1.165, 1.54) is 7.11 Å². The zero-order chi connectivity index (χ0) is 9.14. The van der Waals surface area contributed by atoms with Gasteiger partial charge in [0.2, 0.25) is 0 Å². The molecule has 1 saturated heterocycles. The summed E-state index contributed by atoms with van der Waals surface area (Å²) in [4.78, 5) is 0. The van der Waals surface area contributed by atoms with Gasteiger partial charge in [-0.2, -0.15) is 0 Å². The topological polar surface area (TPSA) is 79.2 Å². The highest BCUT2D eigenvalue weighted by Crippen LogP contribution is 2.20. The molecular weight excluding hydrogens is 164 g/mol. The molecule has 1 rings (SSSR count). The van der Waals surface area contributed by atoms with Gasteiger partial charge in [-0.25, -0.2) is 0 Å². The molecule has 72 valence electrons. The number of hydrogen-bond donors (Lipinski definition) is 3. The number of methoxy groups -OCH3 is 1. The summed E-state index contributed by atoms with van der Waals surface area (Å²) < 4.78 is 9.83. The Morgan fingerprint density at radius 1 is 1.42 bits per heavy atom. The summed E-state index contributed by atoms with van der Waals surface area (Å²) in [5.41, 5.74) is 0. The molecule has 0 aromatic carbocycles. The van der Waals surface area contributed by atoms with Crippen molar-refractivity contribution in [3.05, 3.63) is 0 Å². The van der Waals surface area contributed by atoms with Crippen molar-refractivity contribution in [1.82, 2.24) is 0 Å². The first kappa shape index (κ1) is 9.88. The average molecular weight is 178 g/mol. The quantitative estimate of drug-likeness (QED) is 0.477. The summed E-state index contributed by atoms with van der Waals surface area (Å²) in [7, 11) is 1.40. The van der Waals surface area contributed by atoms with Crippen LogP contribution in [0.2, 0.25) is 0 Å². The molecule has 0 unspecified atom stereocenters. The van der Waals surface area contributed by atoms with Crippen LogP contribution in [0.4, 0.5) is 0 Å². The lowest BCUT2D eigenvalue weighted by Crippen LogP contribution is -2.49. The molecular formula is C7H14O5. The van der Waals surface area contributed by atoms with Gasteiger partial charge in [0.05, 0.1) is 12.7 Å². The summed E-state index contributed by atoms with van der Waals surface area (Å²) in [6.45, 7) is -0.270. The Kier molecular flexibility index (Phi) is 3.42. The molecule has 0 bridgehead atoms. The maximum Gasteiger partial charge on any atom is 0.183 e. The second-order valence-electron chi connectivity index (χ2n) is 2.83. The van der Waals surface area contributed by atoms with E-state index < -0.39 is 24.6 Å². The van der Waals surface area contributed by atoms with Crippen molar-refractivity contribution in [2.24, 2.45) is 0 Å². The fourth-order valence-electron chi connectivity index (χ4n) is 1.24. The molecule has 1 aliphatic heterocycles. The highest BCUT2D eigenvalue weighted by Gasteiger charge is 2.35. The van der Waals surface area contributed by atoms with Gasteiger partial charge in [0.1, 0.15) is 12.2 Å². The van der Waals surface area contributed by atoms with Crippen LogP contribution in [0.3, 0.4) is 0 Å². The van der Waals surface area contributed by atoms with E-state index in [1.54, 1.807) is 0 Å². The smallest absolute Gasteiger partial charge is 0.183 e. The van der Waals surface area contributed by atoms with Crippen molar-refractivity contribution < 1.29 is 24.8 Å². The minimum Gasteiger partial charge on any atom is -0.394 e. The summed E-state index contributed by atoms with van der Waals surface area (Å²) >= 11 is 0. The molecule has 0 aromatic heterocycles. The van der Waals surface area contributed by atoms with E-state index in [4.69, 9.17) is 14.6 Å². The zero-order valence-corrected chi connectivity index (χ0v) is 6.88. The van der Waals surface area contributed by atoms with Gasteiger partial charge in [0.25, 0.3) is 0 Å². The third-order valence-corrected chi connectivity index (χ3v) is 1.95. The van der Waals surface area contributed by atoms with E-state index in [9.17, 15) is 10.2 Å². The van der Waals surface area contributed by atoms with Gasteiger partial charge in [0, 0.05) is 13.5 Å². The van der Waals surface area contributed by atoms with Gasteiger partial charge in [-0.1, -0.05) is 0 Å². The van der Waals surface area contributed by atoms with E-state index in [2.05, 4.69) is 0 Å². The highest BCUT2D eigenvalue weighted by atomic mass is 16.7. The molecule has 1 fully saturated rings. The molecule has 0 aromatic rings. The van der Waals surface area contributed by atoms with Crippen LogP contribution in [0, 0.1) is 0 Å². The number of aliphatic hydroxyl groups excluding tert-OH is 3. The summed E-state index contributed by atoms with van der Waals surface area (Å²) in [6.07, 6.45) is -2.88. The van der Waals surface area contributed by atoms with Gasteiger partial charge in [-0.3, -0.25) is 0 Å². The minimum absolute atomic E-state index is 0.170. The van der Waals surface area contributed by atoms with E-state index in [0.717, 1.165) is 0 Å². The van der Waals surface area contributed by atoms with Crippen LogP contribution >= 0.6 is 0 Å². The van der Waals surface area contributed by atoms with Gasteiger partial charge in [-0.15, -0.1) is 0 Å². The lowest BCUT2D eigenvalue weighted by atomic mass is 10.0. The summed E-state index contributed by atoms with van der Waals surface area (Å²) in [5, 5.41) is 27.3. The van der Waals surface area contributed by atoms with Gasteiger partial charge in [-0.05, 0) is 0 Å². The second kappa shape index (κ2) is 4.15. The van der Waals surface area contributed by atoms with Gasteiger partial charge in [0.15, 0.2) is 6.29 Å². The van der Waals surface area contributed by atoms with Crippen molar-refractivity contribution in [3.8, 4) is 0 Å². The molecule has 0 saturated carbocycles. The van der Waals surface area contributed by atoms with Crippen LogP contribution in [0.15, 0.2) is 0 Å². The Morgan fingerprint density at radius 3 is 2.58 bits per heavy atom. The largest absolute Gasteiger partial charge is 0.394 e. The Hall–Kier alpha value is -0.200. The van der Waals surface area contributed by atoms with Crippen molar-refractivity contribution in [3.63, 3.8) is 0 Å². The average Bonchev–Trinajstić information content (AvgIpc) is 2.05. The fourth-order valence-corrected chi connectivity index (χ4v) is 1.24. The maximum atomic E-state index is 9.26. The van der Waals surface area contributed by atoms with Crippen molar-refractivity contribution >= 4 is 0 Å². The van der Waals surface area contributed by atoms with Crippen molar-refractivity contribution in [2.45, 2.75) is 31.0 Å². The predicted octanol–water partition coefficient (Wildman–Crippen LogP) is -1.54. The van der Waals surface area contributed by atoms with Crippen LogP contribution in [0.1, 0.15) is 6.42 Å².